The first kappa shape index (κ1) is 12.7. The summed E-state index contributed by atoms with van der Waals surface area (Å²) in [4.78, 5) is 13.0. The van der Waals surface area contributed by atoms with Crippen molar-refractivity contribution in [2.24, 2.45) is 0 Å². The van der Waals surface area contributed by atoms with Crippen molar-refractivity contribution in [1.29, 1.82) is 0 Å². The van der Waals surface area contributed by atoms with Gasteiger partial charge in [-0.3, -0.25) is 10.1 Å². The largest absolute Gasteiger partial charge is 0.371 e. The molecule has 0 amide bonds. The van der Waals surface area contributed by atoms with Gasteiger partial charge in [0, 0.05) is 25.0 Å². The Kier molecular flexibility index (Phi) is 3.33. The average Bonchev–Trinajstić information content (AvgIpc) is 2.76. The summed E-state index contributed by atoms with van der Waals surface area (Å²) < 4.78 is 5.76. The Labute approximate surface area is 116 Å². The monoisotopic (exact) mass is 282 g/mol. The third-order valence-corrected chi connectivity index (χ3v) is 4.08. The highest BCUT2D eigenvalue weighted by Gasteiger charge is 2.35. The van der Waals surface area contributed by atoms with E-state index in [-0.39, 0.29) is 28.7 Å². The number of nitro benzene ring substituents is 1. The summed E-state index contributed by atoms with van der Waals surface area (Å²) in [6.07, 6.45) is 2.53. The van der Waals surface area contributed by atoms with Crippen LogP contribution in [0.4, 0.5) is 11.4 Å². The van der Waals surface area contributed by atoms with E-state index in [1.807, 2.05) is 6.07 Å². The quantitative estimate of drug-likeness (QED) is 0.486. The van der Waals surface area contributed by atoms with E-state index in [9.17, 15) is 10.1 Å². The molecule has 2 atom stereocenters. The summed E-state index contributed by atoms with van der Waals surface area (Å²) in [5.74, 6) is 0.287. The lowest BCUT2D eigenvalue weighted by atomic mass is 10.1. The molecule has 2 bridgehead atoms. The molecule has 1 aromatic rings. The maximum Gasteiger partial charge on any atom is 0.292 e. The molecule has 0 aliphatic carbocycles. The second-order valence-electron chi connectivity index (χ2n) is 5.08. The molecule has 2 saturated heterocycles. The molecule has 0 aromatic heterocycles. The fraction of sp³-hybridized carbons (Fsp3) is 0.538. The van der Waals surface area contributed by atoms with Gasteiger partial charge in [-0.25, -0.2) is 0 Å². The van der Waals surface area contributed by atoms with Crippen LogP contribution in [0, 0.1) is 10.1 Å². The second-order valence-corrected chi connectivity index (χ2v) is 5.34. The minimum atomic E-state index is -0.331. The summed E-state index contributed by atoms with van der Waals surface area (Å²) in [6.45, 7) is 1.47. The first-order valence-electron chi connectivity index (χ1n) is 6.41. The topological polar surface area (TPSA) is 55.6 Å². The first-order valence-corrected chi connectivity index (χ1v) is 6.94. The summed E-state index contributed by atoms with van der Waals surface area (Å²) in [7, 11) is 0. The standard InChI is InChI=1S/C13H15ClN2O3/c14-6-9-1-4-12(13(5-9)16(17)18)15-7-10-2-3-11(8-15)19-10/h1,4-5,10-11H,2-3,6-8H2. The number of ether oxygens (including phenoxy) is 1. The van der Waals surface area contributed by atoms with Gasteiger partial charge in [-0.15, -0.1) is 11.6 Å². The number of hydrogen-bond acceptors (Lipinski definition) is 4. The Morgan fingerprint density at radius 3 is 2.63 bits per heavy atom. The number of morpholine rings is 1. The fourth-order valence-electron chi connectivity index (χ4n) is 2.88. The van der Waals surface area contributed by atoms with Gasteiger partial charge < -0.3 is 9.64 Å². The number of halogens is 1. The number of nitrogens with zero attached hydrogens (tertiary/aromatic N) is 2. The van der Waals surface area contributed by atoms with Gasteiger partial charge in [0.05, 0.1) is 17.1 Å². The molecule has 0 radical (unpaired) electrons. The second kappa shape index (κ2) is 4.98. The molecule has 2 aliphatic heterocycles. The van der Waals surface area contributed by atoms with Gasteiger partial charge in [-0.1, -0.05) is 6.07 Å². The molecule has 102 valence electrons. The third-order valence-electron chi connectivity index (χ3n) is 3.78. The maximum atomic E-state index is 11.2. The molecule has 0 spiro atoms. The van der Waals surface area contributed by atoms with Gasteiger partial charge >= 0.3 is 0 Å². The van der Waals surface area contributed by atoms with E-state index < -0.39 is 0 Å². The van der Waals surface area contributed by atoms with Gasteiger partial charge in [0.2, 0.25) is 0 Å². The fourth-order valence-corrected chi connectivity index (χ4v) is 3.04. The molecular formula is C13H15ClN2O3. The average molecular weight is 283 g/mol. The van der Waals surface area contributed by atoms with Crippen LogP contribution in [0.3, 0.4) is 0 Å². The summed E-state index contributed by atoms with van der Waals surface area (Å²) in [6, 6.07) is 5.23. The smallest absolute Gasteiger partial charge is 0.292 e. The van der Waals surface area contributed by atoms with Crippen molar-refractivity contribution in [2.75, 3.05) is 18.0 Å². The Balaban J connectivity index is 1.93. The van der Waals surface area contributed by atoms with Gasteiger partial charge in [-0.05, 0) is 24.5 Å². The molecule has 2 fully saturated rings. The van der Waals surface area contributed by atoms with Crippen LogP contribution >= 0.6 is 11.6 Å². The lowest BCUT2D eigenvalue weighted by Gasteiger charge is -2.33. The van der Waals surface area contributed by atoms with Crippen LogP contribution < -0.4 is 4.90 Å². The van der Waals surface area contributed by atoms with Crippen molar-refractivity contribution in [3.8, 4) is 0 Å². The molecule has 0 N–H and O–H groups in total. The highest BCUT2D eigenvalue weighted by molar-refractivity contribution is 6.17. The molecule has 0 saturated carbocycles. The number of fused-ring (bicyclic) bond motifs is 2. The van der Waals surface area contributed by atoms with Crippen molar-refractivity contribution in [1.82, 2.24) is 0 Å². The molecule has 3 rings (SSSR count). The highest BCUT2D eigenvalue weighted by Crippen LogP contribution is 2.35. The minimum absolute atomic E-state index is 0.138. The number of rotatable bonds is 3. The zero-order valence-electron chi connectivity index (χ0n) is 10.4. The number of nitro groups is 1. The Morgan fingerprint density at radius 2 is 2.05 bits per heavy atom. The van der Waals surface area contributed by atoms with E-state index in [0.29, 0.717) is 5.69 Å². The zero-order valence-corrected chi connectivity index (χ0v) is 11.2. The van der Waals surface area contributed by atoms with E-state index in [2.05, 4.69) is 4.90 Å². The molecule has 2 heterocycles. The Morgan fingerprint density at radius 1 is 1.37 bits per heavy atom. The summed E-state index contributed by atoms with van der Waals surface area (Å²) >= 11 is 5.74. The van der Waals surface area contributed by atoms with E-state index >= 15 is 0 Å². The van der Waals surface area contributed by atoms with Crippen LogP contribution in [0.15, 0.2) is 18.2 Å². The maximum absolute atomic E-state index is 11.2. The molecule has 19 heavy (non-hydrogen) atoms. The highest BCUT2D eigenvalue weighted by atomic mass is 35.5. The number of alkyl halides is 1. The number of anilines is 1. The predicted molar refractivity (Wildman–Crippen MR) is 72.8 cm³/mol. The van der Waals surface area contributed by atoms with Crippen molar-refractivity contribution < 1.29 is 9.66 Å². The molecule has 2 aliphatic rings. The van der Waals surface area contributed by atoms with Crippen LogP contribution in [0.5, 0.6) is 0 Å². The Hall–Kier alpha value is -1.33. The van der Waals surface area contributed by atoms with E-state index in [1.54, 1.807) is 12.1 Å². The van der Waals surface area contributed by atoms with Crippen LogP contribution in [-0.2, 0) is 10.6 Å². The van der Waals surface area contributed by atoms with Gasteiger partial charge in [0.15, 0.2) is 0 Å². The van der Waals surface area contributed by atoms with Crippen molar-refractivity contribution >= 4 is 23.0 Å². The van der Waals surface area contributed by atoms with E-state index in [0.717, 1.165) is 31.5 Å². The normalized spacial score (nSPS) is 25.6. The van der Waals surface area contributed by atoms with Crippen molar-refractivity contribution in [3.05, 3.63) is 33.9 Å². The molecular weight excluding hydrogens is 268 g/mol. The Bertz CT molecular complexity index is 497. The summed E-state index contributed by atoms with van der Waals surface area (Å²) in [5.41, 5.74) is 1.59. The summed E-state index contributed by atoms with van der Waals surface area (Å²) in [5, 5.41) is 11.2. The van der Waals surface area contributed by atoms with Gasteiger partial charge in [0.1, 0.15) is 5.69 Å². The molecule has 1 aromatic carbocycles. The number of benzene rings is 1. The van der Waals surface area contributed by atoms with Crippen LogP contribution in [-0.4, -0.2) is 30.2 Å². The van der Waals surface area contributed by atoms with E-state index in [1.165, 1.54) is 0 Å². The minimum Gasteiger partial charge on any atom is -0.371 e. The van der Waals surface area contributed by atoms with Gasteiger partial charge in [-0.2, -0.15) is 0 Å². The lowest BCUT2D eigenvalue weighted by molar-refractivity contribution is -0.384. The SMILES string of the molecule is O=[N+]([O-])c1cc(CCl)ccc1N1CC2CCC(C1)O2. The molecule has 2 unspecified atom stereocenters. The van der Waals surface area contributed by atoms with Crippen LogP contribution in [0.25, 0.3) is 0 Å². The first-order chi connectivity index (χ1) is 9.17. The van der Waals surface area contributed by atoms with Crippen molar-refractivity contribution in [2.45, 2.75) is 30.9 Å². The third kappa shape index (κ3) is 2.40. The van der Waals surface area contributed by atoms with Gasteiger partial charge in [0.25, 0.3) is 5.69 Å². The van der Waals surface area contributed by atoms with Crippen molar-refractivity contribution in [3.63, 3.8) is 0 Å². The number of hydrogen-bond donors (Lipinski definition) is 0. The predicted octanol–water partition coefficient (Wildman–Crippen LogP) is 2.70. The van der Waals surface area contributed by atoms with Crippen LogP contribution in [0.2, 0.25) is 0 Å². The molecule has 6 heteroatoms. The molecule has 5 nitrogen and oxygen atoms in total. The lowest BCUT2D eigenvalue weighted by Crippen LogP contribution is -2.42. The van der Waals surface area contributed by atoms with Crippen LogP contribution in [0.1, 0.15) is 18.4 Å². The van der Waals surface area contributed by atoms with E-state index in [4.69, 9.17) is 16.3 Å². The zero-order chi connectivity index (χ0) is 13.4.